The van der Waals surface area contributed by atoms with Crippen LogP contribution in [0.3, 0.4) is 0 Å². The van der Waals surface area contributed by atoms with Gasteiger partial charge in [0.15, 0.2) is 0 Å². The van der Waals surface area contributed by atoms with Crippen molar-refractivity contribution in [2.75, 3.05) is 10.2 Å². The molecule has 0 aromatic heterocycles. The van der Waals surface area contributed by atoms with Crippen molar-refractivity contribution in [3.63, 3.8) is 0 Å². The largest absolute Gasteiger partial charge is 0.322 e. The summed E-state index contributed by atoms with van der Waals surface area (Å²) in [5.41, 5.74) is 3.61. The highest BCUT2D eigenvalue weighted by atomic mass is 79.9. The van der Waals surface area contributed by atoms with Gasteiger partial charge in [0.05, 0.1) is 0 Å². The predicted octanol–water partition coefficient (Wildman–Crippen LogP) is 2.72. The molecule has 2 aliphatic rings. The second-order valence-electron chi connectivity index (χ2n) is 5.89. The first kappa shape index (κ1) is 16.9. The third-order valence-electron chi connectivity index (χ3n) is 4.19. The van der Waals surface area contributed by atoms with Gasteiger partial charge in [0.25, 0.3) is 5.91 Å². The van der Waals surface area contributed by atoms with E-state index in [1.165, 1.54) is 6.92 Å². The van der Waals surface area contributed by atoms with E-state index in [0.717, 1.165) is 4.47 Å². The number of amides is 2. The van der Waals surface area contributed by atoms with Gasteiger partial charge in [-0.15, -0.1) is 5.10 Å². The van der Waals surface area contributed by atoms with Crippen molar-refractivity contribution in [3.05, 3.63) is 57.5 Å². The minimum Gasteiger partial charge on any atom is -0.322 e. The third kappa shape index (κ3) is 2.45. The standard InChI is InChI=1S/C17H13BrClN5O2/c1-9(25)20-16-22-23-17(24(16)12-5-3-11(19)4-6-12)13-8-10(18)2-7-14(13)21-15(17)26/h2-8,23H,1H3,(H,21,26)(H,20,22,25). The fourth-order valence-corrected chi connectivity index (χ4v) is 3.62. The molecule has 2 amide bonds. The fourth-order valence-electron chi connectivity index (χ4n) is 3.13. The molecule has 9 heteroatoms. The minimum absolute atomic E-state index is 0.225. The topological polar surface area (TPSA) is 85.8 Å². The molecule has 0 saturated carbocycles. The summed E-state index contributed by atoms with van der Waals surface area (Å²) in [5.74, 6) is -0.373. The molecule has 2 heterocycles. The number of hydrogen-bond acceptors (Lipinski definition) is 5. The van der Waals surface area contributed by atoms with E-state index >= 15 is 0 Å². The molecule has 2 aliphatic heterocycles. The molecule has 2 aromatic carbocycles. The number of carbonyl (C=O) groups excluding carboxylic acids is 2. The van der Waals surface area contributed by atoms with Gasteiger partial charge in [0, 0.05) is 33.4 Å². The number of anilines is 2. The Kier molecular flexibility index (Phi) is 3.89. The van der Waals surface area contributed by atoms with Gasteiger partial charge in [-0.25, -0.2) is 0 Å². The summed E-state index contributed by atoms with van der Waals surface area (Å²) < 4.78 is 0.818. The Morgan fingerprint density at radius 1 is 1.27 bits per heavy atom. The van der Waals surface area contributed by atoms with Crippen molar-refractivity contribution < 1.29 is 9.59 Å². The summed E-state index contributed by atoms with van der Waals surface area (Å²) in [4.78, 5) is 26.3. The van der Waals surface area contributed by atoms with Crippen LogP contribution in [0.4, 0.5) is 11.4 Å². The zero-order valence-electron chi connectivity index (χ0n) is 13.5. The number of fused-ring (bicyclic) bond motifs is 2. The quantitative estimate of drug-likeness (QED) is 0.644. The Morgan fingerprint density at radius 3 is 2.69 bits per heavy atom. The van der Waals surface area contributed by atoms with Crippen molar-refractivity contribution in [3.8, 4) is 0 Å². The fraction of sp³-hybridized carbons (Fsp3) is 0.118. The van der Waals surface area contributed by atoms with Crippen LogP contribution in [-0.2, 0) is 15.3 Å². The molecule has 26 heavy (non-hydrogen) atoms. The molecular formula is C17H13BrClN5O2. The average molecular weight is 435 g/mol. The molecule has 1 spiro atoms. The van der Waals surface area contributed by atoms with Gasteiger partial charge in [-0.1, -0.05) is 27.5 Å². The van der Waals surface area contributed by atoms with Crippen molar-refractivity contribution in [1.82, 2.24) is 10.7 Å². The molecule has 4 rings (SSSR count). The minimum atomic E-state index is -1.31. The van der Waals surface area contributed by atoms with Crippen LogP contribution in [0.2, 0.25) is 5.02 Å². The molecule has 0 saturated heterocycles. The number of rotatable bonds is 1. The lowest BCUT2D eigenvalue weighted by Crippen LogP contribution is -2.58. The molecule has 1 unspecified atom stereocenters. The van der Waals surface area contributed by atoms with Crippen LogP contribution in [-0.4, -0.2) is 17.8 Å². The van der Waals surface area contributed by atoms with Crippen LogP contribution in [0, 0.1) is 0 Å². The summed E-state index contributed by atoms with van der Waals surface area (Å²) in [6.45, 7) is 1.38. The molecule has 0 bridgehead atoms. The van der Waals surface area contributed by atoms with Gasteiger partial charge in [-0.3, -0.25) is 25.2 Å². The second kappa shape index (κ2) is 6.00. The van der Waals surface area contributed by atoms with Gasteiger partial charge in [-0.2, -0.15) is 0 Å². The second-order valence-corrected chi connectivity index (χ2v) is 7.25. The maximum absolute atomic E-state index is 13.0. The Balaban J connectivity index is 1.91. The van der Waals surface area contributed by atoms with E-state index in [1.54, 1.807) is 29.2 Å². The number of halogens is 2. The summed E-state index contributed by atoms with van der Waals surface area (Å²) in [7, 11) is 0. The van der Waals surface area contributed by atoms with Gasteiger partial charge in [-0.05, 0) is 42.5 Å². The molecule has 132 valence electrons. The van der Waals surface area contributed by atoms with E-state index in [1.807, 2.05) is 18.2 Å². The van der Waals surface area contributed by atoms with Gasteiger partial charge in [0.2, 0.25) is 17.5 Å². The Morgan fingerprint density at radius 2 is 2.00 bits per heavy atom. The van der Waals surface area contributed by atoms with Crippen molar-refractivity contribution in [2.24, 2.45) is 5.10 Å². The third-order valence-corrected chi connectivity index (χ3v) is 4.94. The molecule has 1 atom stereocenters. The van der Waals surface area contributed by atoms with Crippen LogP contribution in [0.25, 0.3) is 0 Å². The molecule has 7 nitrogen and oxygen atoms in total. The van der Waals surface area contributed by atoms with Crippen LogP contribution < -0.4 is 21.0 Å². The van der Waals surface area contributed by atoms with E-state index in [4.69, 9.17) is 11.6 Å². The lowest BCUT2D eigenvalue weighted by atomic mass is 9.99. The lowest BCUT2D eigenvalue weighted by Gasteiger charge is -2.34. The molecule has 0 radical (unpaired) electrons. The van der Waals surface area contributed by atoms with Crippen molar-refractivity contribution in [1.29, 1.82) is 0 Å². The number of guanidine groups is 1. The molecule has 3 N–H and O–H groups in total. The summed E-state index contributed by atoms with van der Waals surface area (Å²) in [6.07, 6.45) is 0. The lowest BCUT2D eigenvalue weighted by molar-refractivity contribution is -0.121. The average Bonchev–Trinajstić information content (AvgIpc) is 3.08. The normalized spacial score (nSPS) is 20.5. The SMILES string of the molecule is CC(=O)NC1=NNC2(C(=O)Nc3ccc(Br)cc32)N1c1ccc(Cl)cc1. The highest BCUT2D eigenvalue weighted by Gasteiger charge is 2.57. The molecule has 0 fully saturated rings. The zero-order chi connectivity index (χ0) is 18.5. The smallest absolute Gasteiger partial charge is 0.278 e. The van der Waals surface area contributed by atoms with E-state index in [0.29, 0.717) is 22.0 Å². The number of hydrazone groups is 1. The molecular weight excluding hydrogens is 422 g/mol. The van der Waals surface area contributed by atoms with Gasteiger partial charge >= 0.3 is 0 Å². The van der Waals surface area contributed by atoms with Gasteiger partial charge < -0.3 is 5.32 Å². The van der Waals surface area contributed by atoms with E-state index in [2.05, 4.69) is 37.1 Å². The molecule has 0 aliphatic carbocycles. The highest BCUT2D eigenvalue weighted by Crippen LogP contribution is 2.44. The highest BCUT2D eigenvalue weighted by molar-refractivity contribution is 9.10. The van der Waals surface area contributed by atoms with Crippen LogP contribution in [0.1, 0.15) is 12.5 Å². The van der Waals surface area contributed by atoms with Crippen LogP contribution in [0.15, 0.2) is 52.0 Å². The summed E-state index contributed by atoms with van der Waals surface area (Å²) in [5, 5.41) is 10.3. The maximum atomic E-state index is 13.0. The number of hydrogen-bond donors (Lipinski definition) is 3. The first-order valence-corrected chi connectivity index (χ1v) is 8.88. The number of nitrogens with zero attached hydrogens (tertiary/aromatic N) is 2. The van der Waals surface area contributed by atoms with Crippen LogP contribution in [0.5, 0.6) is 0 Å². The molecule has 2 aromatic rings. The Labute approximate surface area is 162 Å². The monoisotopic (exact) mass is 433 g/mol. The van der Waals surface area contributed by atoms with E-state index in [9.17, 15) is 9.59 Å². The van der Waals surface area contributed by atoms with Crippen molar-refractivity contribution in [2.45, 2.75) is 12.6 Å². The van der Waals surface area contributed by atoms with E-state index in [-0.39, 0.29) is 17.8 Å². The first-order valence-electron chi connectivity index (χ1n) is 7.71. The van der Waals surface area contributed by atoms with Gasteiger partial charge in [0.1, 0.15) is 0 Å². The first-order chi connectivity index (χ1) is 12.4. The summed E-state index contributed by atoms with van der Waals surface area (Å²) >= 11 is 9.45. The Hall–Kier alpha value is -2.58. The zero-order valence-corrected chi connectivity index (χ0v) is 15.9. The number of nitrogens with one attached hydrogen (secondary N) is 3. The maximum Gasteiger partial charge on any atom is 0.278 e. The predicted molar refractivity (Wildman–Crippen MR) is 103 cm³/mol. The van der Waals surface area contributed by atoms with Crippen molar-refractivity contribution >= 4 is 56.7 Å². The number of carbonyl (C=O) groups is 2. The summed E-state index contributed by atoms with van der Waals surface area (Å²) in [6, 6.07) is 12.4. The van der Waals surface area contributed by atoms with Crippen LogP contribution >= 0.6 is 27.5 Å². The number of benzene rings is 2. The Bertz CT molecular complexity index is 962. The van der Waals surface area contributed by atoms with E-state index < -0.39 is 5.66 Å².